The van der Waals surface area contributed by atoms with Crippen molar-refractivity contribution in [2.75, 3.05) is 18.4 Å². The highest BCUT2D eigenvalue weighted by Crippen LogP contribution is 2.15. The summed E-state index contributed by atoms with van der Waals surface area (Å²) in [5.41, 5.74) is 1.92. The monoisotopic (exact) mass is 352 g/mol. The maximum atomic E-state index is 12.8. The lowest BCUT2D eigenvalue weighted by atomic mass is 10.1. The molecular weight excluding hydrogens is 324 g/mol. The third-order valence-electron chi connectivity index (χ3n) is 3.88. The van der Waals surface area contributed by atoms with Gasteiger partial charge in [-0.15, -0.1) is 0 Å². The molecule has 0 unspecified atom stereocenters. The highest BCUT2D eigenvalue weighted by Gasteiger charge is 2.18. The van der Waals surface area contributed by atoms with Gasteiger partial charge < -0.3 is 10.2 Å². The fourth-order valence-corrected chi connectivity index (χ4v) is 2.79. The van der Waals surface area contributed by atoms with Crippen LogP contribution in [0.2, 0.25) is 0 Å². The van der Waals surface area contributed by atoms with E-state index in [2.05, 4.69) is 33.0 Å². The first-order valence-electron chi connectivity index (χ1n) is 9.12. The molecule has 0 atom stereocenters. The number of benzene rings is 2. The molecule has 1 N–H and O–H groups in total. The Morgan fingerprint density at radius 1 is 0.808 bits per heavy atom. The van der Waals surface area contributed by atoms with Crippen molar-refractivity contribution in [1.29, 1.82) is 0 Å². The Hall–Kier alpha value is -2.62. The van der Waals surface area contributed by atoms with Gasteiger partial charge in [0.1, 0.15) is 0 Å². The predicted molar refractivity (Wildman–Crippen MR) is 106 cm³/mol. The van der Waals surface area contributed by atoms with Gasteiger partial charge in [0.15, 0.2) is 0 Å². The number of carbonyl (C=O) groups is 2. The largest absolute Gasteiger partial charge is 0.338 e. The van der Waals surface area contributed by atoms with Gasteiger partial charge in [0, 0.05) is 29.9 Å². The zero-order valence-electron chi connectivity index (χ0n) is 16.0. The van der Waals surface area contributed by atoms with Gasteiger partial charge in [-0.2, -0.15) is 0 Å². The van der Waals surface area contributed by atoms with Gasteiger partial charge >= 0.3 is 0 Å². The van der Waals surface area contributed by atoms with Gasteiger partial charge in [-0.1, -0.05) is 45.9 Å². The number of amides is 2. The van der Waals surface area contributed by atoms with Crippen molar-refractivity contribution < 1.29 is 9.59 Å². The minimum Gasteiger partial charge on any atom is -0.338 e. The normalized spacial score (nSPS) is 10.8. The molecule has 4 heteroatoms. The van der Waals surface area contributed by atoms with Crippen LogP contribution in [0.15, 0.2) is 54.6 Å². The molecule has 0 bridgehead atoms. The SMILES string of the molecule is CC(C)CN(CC(C)C)C(=O)c1ccc(NC(=O)c2ccccc2)cc1. The summed E-state index contributed by atoms with van der Waals surface area (Å²) in [7, 11) is 0. The minimum atomic E-state index is -0.161. The summed E-state index contributed by atoms with van der Waals surface area (Å²) in [6.07, 6.45) is 0. The number of hydrogen-bond donors (Lipinski definition) is 1. The Kier molecular flexibility index (Phi) is 6.96. The second-order valence-electron chi connectivity index (χ2n) is 7.40. The Morgan fingerprint density at radius 2 is 1.35 bits per heavy atom. The van der Waals surface area contributed by atoms with Crippen molar-refractivity contribution in [1.82, 2.24) is 4.90 Å². The first-order valence-corrected chi connectivity index (χ1v) is 9.12. The van der Waals surface area contributed by atoms with Gasteiger partial charge in [0.05, 0.1) is 0 Å². The van der Waals surface area contributed by atoms with Crippen LogP contribution in [-0.2, 0) is 0 Å². The van der Waals surface area contributed by atoms with Crippen molar-refractivity contribution in [3.05, 3.63) is 65.7 Å². The van der Waals surface area contributed by atoms with Gasteiger partial charge in [-0.05, 0) is 48.2 Å². The van der Waals surface area contributed by atoms with Gasteiger partial charge in [0.25, 0.3) is 11.8 Å². The summed E-state index contributed by atoms with van der Waals surface area (Å²) in [6, 6.07) is 16.2. The number of rotatable bonds is 7. The van der Waals surface area contributed by atoms with Gasteiger partial charge in [-0.25, -0.2) is 0 Å². The summed E-state index contributed by atoms with van der Waals surface area (Å²) >= 11 is 0. The minimum absolute atomic E-state index is 0.0355. The van der Waals surface area contributed by atoms with Crippen LogP contribution in [0.4, 0.5) is 5.69 Å². The van der Waals surface area contributed by atoms with Crippen molar-refractivity contribution in [3.63, 3.8) is 0 Å². The fourth-order valence-electron chi connectivity index (χ4n) is 2.79. The van der Waals surface area contributed by atoms with Crippen molar-refractivity contribution in [3.8, 4) is 0 Å². The van der Waals surface area contributed by atoms with Crippen LogP contribution in [0.25, 0.3) is 0 Å². The molecule has 0 saturated heterocycles. The van der Waals surface area contributed by atoms with Crippen LogP contribution in [0.3, 0.4) is 0 Å². The number of hydrogen-bond acceptors (Lipinski definition) is 2. The molecule has 0 aliphatic heterocycles. The molecule has 2 aromatic carbocycles. The Balaban J connectivity index is 2.07. The van der Waals surface area contributed by atoms with Crippen LogP contribution in [0.5, 0.6) is 0 Å². The second-order valence-corrected chi connectivity index (χ2v) is 7.40. The lowest BCUT2D eigenvalue weighted by molar-refractivity contribution is 0.0715. The molecule has 138 valence electrons. The highest BCUT2D eigenvalue weighted by molar-refractivity contribution is 6.04. The van der Waals surface area contributed by atoms with E-state index in [-0.39, 0.29) is 11.8 Å². The van der Waals surface area contributed by atoms with E-state index in [9.17, 15) is 9.59 Å². The van der Waals surface area contributed by atoms with E-state index in [1.807, 2.05) is 23.1 Å². The van der Waals surface area contributed by atoms with Crippen molar-refractivity contribution >= 4 is 17.5 Å². The first kappa shape index (κ1) is 19.7. The Morgan fingerprint density at radius 3 is 1.85 bits per heavy atom. The molecule has 2 rings (SSSR count). The molecule has 26 heavy (non-hydrogen) atoms. The first-order chi connectivity index (χ1) is 12.4. The summed E-state index contributed by atoms with van der Waals surface area (Å²) in [5, 5.41) is 2.85. The third kappa shape index (κ3) is 5.73. The summed E-state index contributed by atoms with van der Waals surface area (Å²) in [6.45, 7) is 9.93. The Labute approximate surface area is 156 Å². The lowest BCUT2D eigenvalue weighted by Crippen LogP contribution is -2.37. The molecular formula is C22H28N2O2. The zero-order chi connectivity index (χ0) is 19.1. The van der Waals surface area contributed by atoms with E-state index in [0.717, 1.165) is 13.1 Å². The van der Waals surface area contributed by atoms with Crippen LogP contribution in [0.1, 0.15) is 48.4 Å². The summed E-state index contributed by atoms with van der Waals surface area (Å²) in [5.74, 6) is 0.712. The van der Waals surface area contributed by atoms with Crippen molar-refractivity contribution in [2.45, 2.75) is 27.7 Å². The fraction of sp³-hybridized carbons (Fsp3) is 0.364. The number of nitrogens with one attached hydrogen (secondary N) is 1. The molecule has 0 aliphatic carbocycles. The average Bonchev–Trinajstić information content (AvgIpc) is 2.61. The third-order valence-corrected chi connectivity index (χ3v) is 3.88. The average molecular weight is 352 g/mol. The van der Waals surface area contributed by atoms with Crippen molar-refractivity contribution in [2.24, 2.45) is 11.8 Å². The second kappa shape index (κ2) is 9.18. The Bertz CT molecular complexity index is 712. The molecule has 0 aliphatic rings. The molecule has 0 aromatic heterocycles. The summed E-state index contributed by atoms with van der Waals surface area (Å²) < 4.78 is 0. The molecule has 4 nitrogen and oxygen atoms in total. The number of carbonyl (C=O) groups excluding carboxylic acids is 2. The van der Waals surface area contributed by atoms with E-state index in [0.29, 0.717) is 28.7 Å². The van der Waals surface area contributed by atoms with E-state index in [1.54, 1.807) is 36.4 Å². The van der Waals surface area contributed by atoms with Crippen LogP contribution < -0.4 is 5.32 Å². The maximum absolute atomic E-state index is 12.8. The summed E-state index contributed by atoms with van der Waals surface area (Å²) in [4.78, 5) is 26.9. The molecule has 2 amide bonds. The van der Waals surface area contributed by atoms with E-state index >= 15 is 0 Å². The van der Waals surface area contributed by atoms with E-state index in [4.69, 9.17) is 0 Å². The van der Waals surface area contributed by atoms with E-state index in [1.165, 1.54) is 0 Å². The molecule has 0 fully saturated rings. The molecule has 2 aromatic rings. The topological polar surface area (TPSA) is 49.4 Å². The van der Waals surface area contributed by atoms with Crippen LogP contribution >= 0.6 is 0 Å². The van der Waals surface area contributed by atoms with E-state index < -0.39 is 0 Å². The zero-order valence-corrected chi connectivity index (χ0v) is 16.0. The molecule has 0 radical (unpaired) electrons. The predicted octanol–water partition coefficient (Wildman–Crippen LogP) is 4.69. The van der Waals surface area contributed by atoms with Gasteiger partial charge in [0.2, 0.25) is 0 Å². The lowest BCUT2D eigenvalue weighted by Gasteiger charge is -2.26. The maximum Gasteiger partial charge on any atom is 0.255 e. The molecule has 0 spiro atoms. The molecule has 0 saturated carbocycles. The number of nitrogens with zero attached hydrogens (tertiary/aromatic N) is 1. The standard InChI is InChI=1S/C22H28N2O2/c1-16(2)14-24(15-17(3)4)22(26)19-10-12-20(13-11-19)23-21(25)18-8-6-5-7-9-18/h5-13,16-17H,14-15H2,1-4H3,(H,23,25). The highest BCUT2D eigenvalue weighted by atomic mass is 16.2. The molecule has 0 heterocycles. The van der Waals surface area contributed by atoms with Crippen LogP contribution in [-0.4, -0.2) is 29.8 Å². The van der Waals surface area contributed by atoms with Crippen LogP contribution in [0, 0.1) is 11.8 Å². The quantitative estimate of drug-likeness (QED) is 0.785. The number of anilines is 1. The van der Waals surface area contributed by atoms with Gasteiger partial charge in [-0.3, -0.25) is 9.59 Å². The smallest absolute Gasteiger partial charge is 0.255 e.